The predicted molar refractivity (Wildman–Crippen MR) is 53.3 cm³/mol. The average molecular weight is 212 g/mol. The number of carboxylic acid groups (broad SMARTS) is 1. The van der Waals surface area contributed by atoms with Gasteiger partial charge in [-0.25, -0.2) is 0 Å². The van der Waals surface area contributed by atoms with Gasteiger partial charge in [-0.2, -0.15) is 0 Å². The molecule has 15 heavy (non-hydrogen) atoms. The number of nitrogens with zero attached hydrogens (tertiary/aromatic N) is 1. The standard InChI is InChI=1S/C10H16N2O3/c13-9(14)5-8-10(15)11-3-4-12(8)6-7-1-2-7/h7-8H,1-6H2,(H,11,15)(H,13,14). The number of carbonyl (C=O) groups excluding carboxylic acids is 1. The summed E-state index contributed by atoms with van der Waals surface area (Å²) in [5, 5.41) is 11.5. The highest BCUT2D eigenvalue weighted by Gasteiger charge is 2.34. The Hall–Kier alpha value is -1.10. The molecule has 2 rings (SSSR count). The van der Waals surface area contributed by atoms with E-state index in [0.29, 0.717) is 12.5 Å². The SMILES string of the molecule is O=C(O)CC1C(=O)NCCN1CC1CC1. The maximum atomic E-state index is 11.5. The smallest absolute Gasteiger partial charge is 0.305 e. The molecule has 5 nitrogen and oxygen atoms in total. The summed E-state index contributed by atoms with van der Waals surface area (Å²) in [6, 6.07) is -0.461. The van der Waals surface area contributed by atoms with Crippen LogP contribution in [0.2, 0.25) is 0 Å². The molecule has 2 fully saturated rings. The van der Waals surface area contributed by atoms with E-state index in [2.05, 4.69) is 5.32 Å². The first-order valence-electron chi connectivity index (χ1n) is 5.40. The van der Waals surface area contributed by atoms with Crippen LogP contribution < -0.4 is 5.32 Å². The summed E-state index contributed by atoms with van der Waals surface area (Å²) >= 11 is 0. The lowest BCUT2D eigenvalue weighted by Gasteiger charge is -2.34. The molecule has 1 amide bonds. The van der Waals surface area contributed by atoms with Crippen molar-refractivity contribution in [2.75, 3.05) is 19.6 Å². The van der Waals surface area contributed by atoms with Crippen molar-refractivity contribution in [3.63, 3.8) is 0 Å². The summed E-state index contributed by atoms with van der Waals surface area (Å²) in [6.45, 7) is 2.30. The summed E-state index contributed by atoms with van der Waals surface area (Å²) in [5.41, 5.74) is 0. The summed E-state index contributed by atoms with van der Waals surface area (Å²) in [7, 11) is 0. The van der Waals surface area contributed by atoms with Crippen molar-refractivity contribution in [1.82, 2.24) is 10.2 Å². The number of nitrogens with one attached hydrogen (secondary N) is 1. The Morgan fingerprint density at radius 3 is 2.87 bits per heavy atom. The lowest BCUT2D eigenvalue weighted by atomic mass is 10.1. The summed E-state index contributed by atoms with van der Waals surface area (Å²) in [6.07, 6.45) is 2.36. The van der Waals surface area contributed by atoms with Crippen LogP contribution in [0, 0.1) is 5.92 Å². The maximum Gasteiger partial charge on any atom is 0.305 e. The Kier molecular flexibility index (Phi) is 2.90. The molecule has 2 N–H and O–H groups in total. The quantitative estimate of drug-likeness (QED) is 0.669. The molecule has 1 heterocycles. The number of carboxylic acids is 1. The van der Waals surface area contributed by atoms with Crippen molar-refractivity contribution >= 4 is 11.9 Å². The molecule has 0 radical (unpaired) electrons. The number of rotatable bonds is 4. The van der Waals surface area contributed by atoms with E-state index in [1.807, 2.05) is 4.90 Å². The minimum Gasteiger partial charge on any atom is -0.481 e. The highest BCUT2D eigenvalue weighted by molar-refractivity contribution is 5.86. The van der Waals surface area contributed by atoms with Crippen molar-refractivity contribution in [3.05, 3.63) is 0 Å². The monoisotopic (exact) mass is 212 g/mol. The second-order valence-electron chi connectivity index (χ2n) is 4.34. The zero-order chi connectivity index (χ0) is 10.8. The first-order valence-corrected chi connectivity index (χ1v) is 5.40. The van der Waals surface area contributed by atoms with E-state index in [9.17, 15) is 9.59 Å². The average Bonchev–Trinajstić information content (AvgIpc) is 2.94. The van der Waals surface area contributed by atoms with Gasteiger partial charge in [-0.05, 0) is 18.8 Å². The van der Waals surface area contributed by atoms with Gasteiger partial charge in [0.25, 0.3) is 0 Å². The summed E-state index contributed by atoms with van der Waals surface area (Å²) in [4.78, 5) is 24.2. The maximum absolute atomic E-state index is 11.5. The molecule has 1 saturated heterocycles. The molecule has 5 heteroatoms. The zero-order valence-corrected chi connectivity index (χ0v) is 8.61. The van der Waals surface area contributed by atoms with Crippen LogP contribution in [-0.2, 0) is 9.59 Å². The van der Waals surface area contributed by atoms with E-state index in [-0.39, 0.29) is 12.3 Å². The molecule has 2 aliphatic rings. The van der Waals surface area contributed by atoms with E-state index < -0.39 is 12.0 Å². The topological polar surface area (TPSA) is 69.6 Å². The second-order valence-corrected chi connectivity index (χ2v) is 4.34. The van der Waals surface area contributed by atoms with Gasteiger partial charge in [-0.1, -0.05) is 0 Å². The minimum atomic E-state index is -0.905. The summed E-state index contributed by atoms with van der Waals surface area (Å²) in [5.74, 6) is -0.352. The first-order chi connectivity index (χ1) is 7.16. The van der Waals surface area contributed by atoms with Gasteiger partial charge >= 0.3 is 5.97 Å². The van der Waals surface area contributed by atoms with E-state index in [1.54, 1.807) is 0 Å². The molecule has 1 atom stereocenters. The molecule has 0 bridgehead atoms. The fraction of sp³-hybridized carbons (Fsp3) is 0.800. The van der Waals surface area contributed by atoms with Crippen molar-refractivity contribution in [1.29, 1.82) is 0 Å². The molecule has 1 saturated carbocycles. The van der Waals surface area contributed by atoms with Crippen molar-refractivity contribution in [3.8, 4) is 0 Å². The third-order valence-corrected chi connectivity index (χ3v) is 3.00. The Balaban J connectivity index is 1.96. The number of hydrogen-bond donors (Lipinski definition) is 2. The van der Waals surface area contributed by atoms with E-state index in [1.165, 1.54) is 12.8 Å². The van der Waals surface area contributed by atoms with Crippen molar-refractivity contribution < 1.29 is 14.7 Å². The highest BCUT2D eigenvalue weighted by atomic mass is 16.4. The normalized spacial score (nSPS) is 27.5. The Morgan fingerprint density at radius 1 is 1.53 bits per heavy atom. The third kappa shape index (κ3) is 2.68. The Bertz CT molecular complexity index is 276. The van der Waals surface area contributed by atoms with Crippen LogP contribution in [0.25, 0.3) is 0 Å². The molecule has 0 aromatic carbocycles. The van der Waals surface area contributed by atoms with Gasteiger partial charge in [0, 0.05) is 19.6 Å². The molecule has 1 unspecified atom stereocenters. The minimum absolute atomic E-state index is 0.0848. The van der Waals surface area contributed by atoms with Gasteiger partial charge in [0.1, 0.15) is 0 Å². The van der Waals surface area contributed by atoms with Gasteiger partial charge in [-0.15, -0.1) is 0 Å². The summed E-state index contributed by atoms with van der Waals surface area (Å²) < 4.78 is 0. The van der Waals surface area contributed by atoms with E-state index in [4.69, 9.17) is 5.11 Å². The molecule has 0 aromatic rings. The van der Waals surface area contributed by atoms with Gasteiger partial charge in [-0.3, -0.25) is 14.5 Å². The third-order valence-electron chi connectivity index (χ3n) is 3.00. The molecular formula is C10H16N2O3. The number of piperazine rings is 1. The van der Waals surface area contributed by atoms with Crippen LogP contribution in [0.3, 0.4) is 0 Å². The number of hydrogen-bond acceptors (Lipinski definition) is 3. The van der Waals surface area contributed by atoms with Gasteiger partial charge < -0.3 is 10.4 Å². The lowest BCUT2D eigenvalue weighted by Crippen LogP contribution is -2.56. The molecule has 0 aromatic heterocycles. The highest BCUT2D eigenvalue weighted by Crippen LogP contribution is 2.30. The van der Waals surface area contributed by atoms with Crippen LogP contribution in [0.4, 0.5) is 0 Å². The van der Waals surface area contributed by atoms with Gasteiger partial charge in [0.2, 0.25) is 5.91 Å². The van der Waals surface area contributed by atoms with Crippen LogP contribution in [0.5, 0.6) is 0 Å². The fourth-order valence-electron chi connectivity index (χ4n) is 2.00. The van der Waals surface area contributed by atoms with Crippen LogP contribution >= 0.6 is 0 Å². The number of amides is 1. The first kappa shape index (κ1) is 10.4. The second kappa shape index (κ2) is 4.18. The van der Waals surface area contributed by atoms with Crippen LogP contribution in [-0.4, -0.2) is 47.6 Å². The van der Waals surface area contributed by atoms with Crippen molar-refractivity contribution in [2.24, 2.45) is 5.92 Å². The number of aliphatic carboxylic acids is 1. The molecule has 84 valence electrons. The Morgan fingerprint density at radius 2 is 2.27 bits per heavy atom. The Labute approximate surface area is 88.4 Å². The van der Waals surface area contributed by atoms with Crippen molar-refractivity contribution in [2.45, 2.75) is 25.3 Å². The molecule has 0 spiro atoms. The largest absolute Gasteiger partial charge is 0.481 e. The van der Waals surface area contributed by atoms with E-state index in [0.717, 1.165) is 13.1 Å². The molecular weight excluding hydrogens is 196 g/mol. The van der Waals surface area contributed by atoms with Gasteiger partial charge in [0.05, 0.1) is 12.5 Å². The van der Waals surface area contributed by atoms with Gasteiger partial charge in [0.15, 0.2) is 0 Å². The zero-order valence-electron chi connectivity index (χ0n) is 8.61. The number of carbonyl (C=O) groups is 2. The van der Waals surface area contributed by atoms with Crippen LogP contribution in [0.15, 0.2) is 0 Å². The van der Waals surface area contributed by atoms with E-state index >= 15 is 0 Å². The van der Waals surface area contributed by atoms with Crippen LogP contribution in [0.1, 0.15) is 19.3 Å². The fourth-order valence-corrected chi connectivity index (χ4v) is 2.00. The lowest BCUT2D eigenvalue weighted by molar-refractivity contribution is -0.143. The molecule has 1 aliphatic carbocycles. The predicted octanol–water partition coefficient (Wildman–Crippen LogP) is -0.329. The molecule has 1 aliphatic heterocycles.